The van der Waals surface area contributed by atoms with E-state index in [1.165, 1.54) is 28.2 Å². The van der Waals surface area contributed by atoms with Crippen LogP contribution >= 0.6 is 74.2 Å². The molecule has 0 amide bonds. The Morgan fingerprint density at radius 1 is 0.618 bits per heavy atom. The predicted molar refractivity (Wildman–Crippen MR) is 278 cm³/mol. The van der Waals surface area contributed by atoms with E-state index in [9.17, 15) is 14.2 Å². The molecule has 0 bridgehead atoms. The van der Waals surface area contributed by atoms with E-state index in [4.69, 9.17) is 55.7 Å². The van der Waals surface area contributed by atoms with E-state index in [0.29, 0.717) is 20.7 Å². The van der Waals surface area contributed by atoms with Gasteiger partial charge in [-0.1, -0.05) is 43.6 Å². The van der Waals surface area contributed by atoms with Gasteiger partial charge in [0.2, 0.25) is 17.2 Å². The number of piperazine rings is 2. The molecule has 2 N–H and O–H groups in total. The Bertz CT molecular complexity index is 3400. The molecule has 2 fully saturated rings. The van der Waals surface area contributed by atoms with E-state index >= 15 is 0 Å². The summed E-state index contributed by atoms with van der Waals surface area (Å²) in [5.74, 6) is 0.324. The molecule has 24 heteroatoms. The fraction of sp³-hybridized carbons (Fsp3) is 0.273. The summed E-state index contributed by atoms with van der Waals surface area (Å²) in [5.41, 5.74) is 2.78. The molecule has 1 aromatic carbocycles. The highest BCUT2D eigenvalue weighted by Gasteiger charge is 2.25. The quantitative estimate of drug-likeness (QED) is 0.0872. The van der Waals surface area contributed by atoms with E-state index in [-0.39, 0.29) is 10.8 Å². The molecule has 2 aliphatic heterocycles. The molecule has 11 rings (SSSR count). The van der Waals surface area contributed by atoms with Crippen LogP contribution in [0.5, 0.6) is 0 Å². The fourth-order valence-corrected chi connectivity index (χ4v) is 11.8. The van der Waals surface area contributed by atoms with Crippen LogP contribution in [0.4, 0.5) is 23.5 Å². The molecular formula is C44H41Cl4N14O3PS2. The molecule has 17 nitrogen and oxygen atoms in total. The predicted octanol–water partition coefficient (Wildman–Crippen LogP) is 8.71. The smallest absolute Gasteiger partial charge is 0.326 e. The van der Waals surface area contributed by atoms with Crippen molar-refractivity contribution in [2.75, 3.05) is 72.0 Å². The number of aromatic amines is 2. The minimum Gasteiger partial charge on any atom is -0.353 e. The summed E-state index contributed by atoms with van der Waals surface area (Å²) in [6, 6.07) is 16.5. The number of hydrogen-bond donors (Lipinski definition) is 2. The largest absolute Gasteiger partial charge is 0.353 e. The van der Waals surface area contributed by atoms with Gasteiger partial charge in [0.25, 0.3) is 11.4 Å². The summed E-state index contributed by atoms with van der Waals surface area (Å²) in [5, 5.41) is 2.92. The topological polar surface area (TPSA) is 199 Å². The molecule has 2 aliphatic rings. The number of fused-ring (bicyclic) bond motifs is 6. The molecule has 0 aliphatic carbocycles. The van der Waals surface area contributed by atoms with Crippen LogP contribution < -0.4 is 36.2 Å². The number of benzene rings is 1. The molecule has 0 atom stereocenters. The van der Waals surface area contributed by atoms with Crippen molar-refractivity contribution in [2.24, 2.45) is 0 Å². The SMILES string of the molecule is CCc1cc(N2CCN(c3ncccn3)CC2)nc2sc3c(=O)[nH]c(=O)[nH]c3c12.CCc1cc(N2CCN(c3ncccn3)CC2)nc2sc3c(Cl)nc(Cl)nc3c12.O=P(Cl)(Cl)c1ccccc1. The zero-order chi connectivity index (χ0) is 47.5. The number of pyridine rings is 2. The van der Waals surface area contributed by atoms with Crippen molar-refractivity contribution in [3.63, 3.8) is 0 Å². The lowest BCUT2D eigenvalue weighted by atomic mass is 10.1. The van der Waals surface area contributed by atoms with Crippen LogP contribution in [-0.2, 0) is 17.4 Å². The number of rotatable bonds is 7. The first-order valence-electron chi connectivity index (χ1n) is 21.5. The van der Waals surface area contributed by atoms with Gasteiger partial charge in [0.05, 0.1) is 15.7 Å². The van der Waals surface area contributed by atoms with Crippen LogP contribution in [-0.4, -0.2) is 102 Å². The molecule has 350 valence electrons. The Balaban J connectivity index is 0.000000142. The molecule has 0 radical (unpaired) electrons. The number of H-pyrrole nitrogens is 2. The fourth-order valence-electron chi connectivity index (χ4n) is 8.05. The third-order valence-corrected chi connectivity index (χ3v) is 16.2. The van der Waals surface area contributed by atoms with E-state index in [0.717, 1.165) is 125 Å². The number of hydrogen-bond acceptors (Lipinski definition) is 17. The zero-order valence-electron chi connectivity index (χ0n) is 36.4. The molecule has 9 aromatic rings. The maximum atomic E-state index is 12.2. The summed E-state index contributed by atoms with van der Waals surface area (Å²) < 4.78 is 12.3. The van der Waals surface area contributed by atoms with Crippen molar-refractivity contribution in [3.8, 4) is 0 Å². The molecule has 10 heterocycles. The maximum absolute atomic E-state index is 12.2. The molecule has 8 aromatic heterocycles. The van der Waals surface area contributed by atoms with Gasteiger partial charge in [-0.05, 0) is 94.4 Å². The van der Waals surface area contributed by atoms with Crippen LogP contribution in [0.15, 0.2) is 89.0 Å². The maximum Gasteiger partial charge on any atom is 0.326 e. The lowest BCUT2D eigenvalue weighted by Gasteiger charge is -2.35. The number of aryl methyl sites for hydroxylation is 2. The lowest BCUT2D eigenvalue weighted by molar-refractivity contribution is 0.597. The summed E-state index contributed by atoms with van der Waals surface area (Å²) in [6.45, 7) is 10.9. The molecule has 2 saturated heterocycles. The Kier molecular flexibility index (Phi) is 14.4. The molecule has 68 heavy (non-hydrogen) atoms. The molecule has 0 spiro atoms. The molecule has 0 saturated carbocycles. The number of nitrogens with zero attached hydrogens (tertiary/aromatic N) is 12. The summed E-state index contributed by atoms with van der Waals surface area (Å²) >= 11 is 26.0. The van der Waals surface area contributed by atoms with Crippen LogP contribution in [0, 0.1) is 0 Å². The van der Waals surface area contributed by atoms with Gasteiger partial charge in [-0.15, -0.1) is 22.7 Å². The average Bonchev–Trinajstić information content (AvgIpc) is 3.93. The van der Waals surface area contributed by atoms with Crippen LogP contribution in [0.1, 0.15) is 25.0 Å². The second-order valence-corrected chi connectivity index (χ2v) is 23.0. The average molecular weight is 1050 g/mol. The van der Waals surface area contributed by atoms with E-state index in [1.54, 1.807) is 49.1 Å². The monoisotopic (exact) mass is 1050 g/mol. The Labute approximate surface area is 416 Å². The number of nitrogens with one attached hydrogen (secondary N) is 2. The molecular weight excluding hydrogens is 1010 g/mol. The van der Waals surface area contributed by atoms with Gasteiger partial charge in [-0.3, -0.25) is 14.3 Å². The zero-order valence-corrected chi connectivity index (χ0v) is 42.0. The first-order valence-corrected chi connectivity index (χ1v) is 27.4. The van der Waals surface area contributed by atoms with Gasteiger partial charge in [0.15, 0.2) is 5.15 Å². The van der Waals surface area contributed by atoms with Crippen molar-refractivity contribution in [1.29, 1.82) is 0 Å². The van der Waals surface area contributed by atoms with Crippen molar-refractivity contribution < 1.29 is 4.57 Å². The standard InChI is InChI=1S/C19H17Cl2N7S.C19H19N7O2S.C6H5Cl2OP/c1-2-11-10-12(27-6-8-28(9-7-27)19-22-4-3-5-23-19)24-17-13(11)14-15(29-17)16(20)26-18(21)25-14;1-2-11-10-12(25-6-8-26(9-7-25)18-20-4-3-5-21-18)22-17-13(11)14-15(29-17)16(27)24-19(28)23-14;7-10(8,9)6-4-2-1-3-5-6/h3-5,10H,2,6-9H2,1H3;3-5,10H,2,6-9H2,1H3,(H2,23,24,27,28);1-5H. The van der Waals surface area contributed by atoms with Crippen molar-refractivity contribution in [1.82, 2.24) is 49.8 Å². The highest BCUT2D eigenvalue weighted by molar-refractivity contribution is 8.13. The third-order valence-electron chi connectivity index (χ3n) is 11.4. The summed E-state index contributed by atoms with van der Waals surface area (Å²) in [6.07, 6.45) is 8.72. The van der Waals surface area contributed by atoms with E-state index < -0.39 is 11.5 Å². The normalized spacial score (nSPS) is 14.3. The Morgan fingerprint density at radius 3 is 1.60 bits per heavy atom. The lowest BCUT2D eigenvalue weighted by Crippen LogP contribution is -2.47. The minimum absolute atomic E-state index is 0.160. The van der Waals surface area contributed by atoms with Gasteiger partial charge >= 0.3 is 5.69 Å². The van der Waals surface area contributed by atoms with Crippen molar-refractivity contribution in [2.45, 2.75) is 26.7 Å². The summed E-state index contributed by atoms with van der Waals surface area (Å²) in [7, 11) is 0. The summed E-state index contributed by atoms with van der Waals surface area (Å²) in [4.78, 5) is 75.3. The van der Waals surface area contributed by atoms with Crippen LogP contribution in [0.3, 0.4) is 0 Å². The van der Waals surface area contributed by atoms with Gasteiger partial charge < -0.3 is 24.6 Å². The van der Waals surface area contributed by atoms with Crippen LogP contribution in [0.2, 0.25) is 10.4 Å². The number of halogens is 4. The Hall–Kier alpha value is -5.53. The second-order valence-electron chi connectivity index (χ2n) is 15.5. The van der Waals surface area contributed by atoms with Gasteiger partial charge in [-0.25, -0.2) is 44.7 Å². The minimum atomic E-state index is -3.07. The highest BCUT2D eigenvalue weighted by Crippen LogP contribution is 2.55. The van der Waals surface area contributed by atoms with Gasteiger partial charge in [-0.2, -0.15) is 0 Å². The number of aromatic nitrogens is 10. The second kappa shape index (κ2) is 20.6. The van der Waals surface area contributed by atoms with Crippen LogP contribution in [0.25, 0.3) is 40.9 Å². The van der Waals surface area contributed by atoms with Gasteiger partial charge in [0, 0.05) is 93.2 Å². The van der Waals surface area contributed by atoms with Crippen molar-refractivity contribution >= 4 is 144 Å². The third kappa shape index (κ3) is 10.2. The number of anilines is 4. The first-order chi connectivity index (χ1) is 32.9. The van der Waals surface area contributed by atoms with Crippen molar-refractivity contribution in [3.05, 3.63) is 122 Å². The first kappa shape index (κ1) is 47.5. The number of thiophene rings is 2. The Morgan fingerprint density at radius 2 is 1.10 bits per heavy atom. The van der Waals surface area contributed by atoms with Gasteiger partial charge in [0.1, 0.15) is 26.0 Å². The van der Waals surface area contributed by atoms with E-state index in [1.807, 2.05) is 18.2 Å². The highest BCUT2D eigenvalue weighted by atomic mass is 35.9. The van der Waals surface area contributed by atoms with E-state index in [2.05, 4.69) is 85.5 Å². The molecule has 0 unspecified atom stereocenters.